The van der Waals surface area contributed by atoms with Crippen LogP contribution in [0.4, 0.5) is 24.5 Å². The number of nitrogens with zero attached hydrogens (tertiary/aromatic N) is 2. The van der Waals surface area contributed by atoms with Crippen molar-refractivity contribution in [1.29, 1.82) is 0 Å². The number of amides is 2. The topological polar surface area (TPSA) is 90.7 Å². The Hall–Kier alpha value is -4.83. The molecule has 10 heteroatoms. The van der Waals surface area contributed by atoms with Gasteiger partial charge in [-0.3, -0.25) is 9.59 Å². The van der Waals surface area contributed by atoms with Crippen molar-refractivity contribution in [2.24, 2.45) is 5.73 Å². The highest BCUT2D eigenvalue weighted by atomic mass is 19.2. The average Bonchev–Trinajstić information content (AvgIpc) is 3.04. The number of nitrogens with one attached hydrogen (secondary N) is 2. The molecule has 2 amide bonds. The van der Waals surface area contributed by atoms with E-state index in [2.05, 4.69) is 20.4 Å². The van der Waals surface area contributed by atoms with Crippen molar-refractivity contribution in [3.05, 3.63) is 130 Å². The molecule has 8 rings (SSSR count). The molecule has 4 aliphatic rings. The highest BCUT2D eigenvalue weighted by Gasteiger charge is 2.37. The van der Waals surface area contributed by atoms with Crippen LogP contribution in [0.1, 0.15) is 74.2 Å². The minimum atomic E-state index is -0.900. The number of aryl methyl sites for hydroxylation is 1. The van der Waals surface area contributed by atoms with E-state index in [1.54, 1.807) is 18.2 Å². The van der Waals surface area contributed by atoms with Crippen LogP contribution >= 0.6 is 0 Å². The predicted octanol–water partition coefficient (Wildman–Crippen LogP) is 5.64. The smallest absolute Gasteiger partial charge is 0.255 e. The van der Waals surface area contributed by atoms with E-state index in [9.17, 15) is 22.8 Å². The van der Waals surface area contributed by atoms with Gasteiger partial charge in [0.15, 0.2) is 11.6 Å². The van der Waals surface area contributed by atoms with Crippen LogP contribution in [0, 0.1) is 17.5 Å². The van der Waals surface area contributed by atoms with Crippen LogP contribution in [0.15, 0.2) is 78.9 Å². The molecule has 0 aliphatic carbocycles. The number of hydrogen-bond acceptors (Lipinski definition) is 5. The number of anilines is 2. The standard InChI is InChI=1S/C17H14F2N2O.C17H16FN3O/c18-13-7-6-11(9-14(13)19)16-20-17(22)12-5-1-3-10-4-2-8-21(16)15(10)12;18-11-6-4-10(5-7-11)16-20-17(22)13-3-1-2-12-14(19)8-9-21(16)15(12)13/h1,3,5-7,9,16H,2,4,8H2,(H,20,22);1-7,14,16H,8-9,19H2,(H,20,22)/t16-;14-,16-/m10/s1. The van der Waals surface area contributed by atoms with Crippen LogP contribution in [-0.2, 0) is 6.42 Å². The Morgan fingerprint density at radius 2 is 1.34 bits per heavy atom. The van der Waals surface area contributed by atoms with Gasteiger partial charge in [0.1, 0.15) is 18.1 Å². The SMILES string of the molecule is N[C@H]1CCN2c3c(cccc31)C(=O)N[C@@H]2c1ccc(F)cc1.O=C1N[C@@H](c2ccc(F)c(F)c2)N2CCCc3cccc1c32. The van der Waals surface area contributed by atoms with Crippen molar-refractivity contribution < 1.29 is 22.8 Å². The van der Waals surface area contributed by atoms with E-state index in [4.69, 9.17) is 5.73 Å². The fraction of sp³-hybridized carbons (Fsp3) is 0.235. The van der Waals surface area contributed by atoms with Gasteiger partial charge in [-0.15, -0.1) is 0 Å². The first kappa shape index (κ1) is 28.0. The van der Waals surface area contributed by atoms with E-state index in [0.29, 0.717) is 16.7 Å². The molecule has 7 nitrogen and oxygen atoms in total. The maximum Gasteiger partial charge on any atom is 0.255 e. The lowest BCUT2D eigenvalue weighted by Gasteiger charge is -2.44. The van der Waals surface area contributed by atoms with E-state index < -0.39 is 17.8 Å². The van der Waals surface area contributed by atoms with E-state index >= 15 is 0 Å². The summed E-state index contributed by atoms with van der Waals surface area (Å²) >= 11 is 0. The molecular formula is C34H30F3N5O2. The van der Waals surface area contributed by atoms with Crippen molar-refractivity contribution in [1.82, 2.24) is 10.6 Å². The summed E-state index contributed by atoms with van der Waals surface area (Å²) in [6.45, 7) is 1.53. The average molecular weight is 598 g/mol. The highest BCUT2D eigenvalue weighted by Crippen LogP contribution is 2.42. The Bertz CT molecular complexity index is 1780. The molecule has 0 aromatic heterocycles. The summed E-state index contributed by atoms with van der Waals surface area (Å²) in [5.74, 6) is -2.36. The van der Waals surface area contributed by atoms with Crippen LogP contribution < -0.4 is 26.2 Å². The number of benzene rings is 4. The normalized spacial score (nSPS) is 21.3. The Labute approximate surface area is 252 Å². The summed E-state index contributed by atoms with van der Waals surface area (Å²) in [4.78, 5) is 29.0. The number of carbonyl (C=O) groups is 2. The Morgan fingerprint density at radius 1 is 0.705 bits per heavy atom. The first-order valence-corrected chi connectivity index (χ1v) is 14.7. The number of nitrogens with two attached hydrogens (primary N) is 1. The molecule has 224 valence electrons. The number of halogens is 3. The molecule has 4 aliphatic heterocycles. The predicted molar refractivity (Wildman–Crippen MR) is 161 cm³/mol. The minimum absolute atomic E-state index is 0.0500. The fourth-order valence-electron chi connectivity index (χ4n) is 6.71. The molecule has 4 aromatic rings. The third kappa shape index (κ3) is 4.75. The number of carbonyl (C=O) groups excluding carboxylic acids is 2. The van der Waals surface area contributed by atoms with Gasteiger partial charge in [-0.25, -0.2) is 13.2 Å². The number of hydrogen-bond donors (Lipinski definition) is 3. The molecule has 0 bridgehead atoms. The number of para-hydroxylation sites is 2. The first-order chi connectivity index (χ1) is 21.3. The summed E-state index contributed by atoms with van der Waals surface area (Å²) in [7, 11) is 0. The third-order valence-corrected chi connectivity index (χ3v) is 8.78. The highest BCUT2D eigenvalue weighted by molar-refractivity contribution is 6.03. The quantitative estimate of drug-likeness (QED) is 0.279. The van der Waals surface area contributed by atoms with Crippen LogP contribution in [0.25, 0.3) is 0 Å². The fourth-order valence-corrected chi connectivity index (χ4v) is 6.71. The van der Waals surface area contributed by atoms with Gasteiger partial charge in [-0.1, -0.05) is 42.5 Å². The Balaban J connectivity index is 0.000000142. The Kier molecular flexibility index (Phi) is 7.01. The molecule has 0 unspecified atom stereocenters. The largest absolute Gasteiger partial charge is 0.347 e. The molecule has 4 heterocycles. The van der Waals surface area contributed by atoms with Crippen LogP contribution in [-0.4, -0.2) is 24.9 Å². The van der Waals surface area contributed by atoms with E-state index in [1.807, 2.05) is 30.3 Å². The minimum Gasteiger partial charge on any atom is -0.347 e. The van der Waals surface area contributed by atoms with Crippen molar-refractivity contribution in [2.75, 3.05) is 22.9 Å². The van der Waals surface area contributed by atoms with Crippen LogP contribution in [0.2, 0.25) is 0 Å². The van der Waals surface area contributed by atoms with Crippen molar-refractivity contribution in [2.45, 2.75) is 37.6 Å². The zero-order valence-corrected chi connectivity index (χ0v) is 23.7. The van der Waals surface area contributed by atoms with Crippen molar-refractivity contribution >= 4 is 23.2 Å². The second kappa shape index (κ2) is 11.0. The molecule has 0 spiro atoms. The summed E-state index contributed by atoms with van der Waals surface area (Å²) in [5, 5.41) is 5.90. The summed E-state index contributed by atoms with van der Waals surface area (Å²) in [6.07, 6.45) is 1.97. The van der Waals surface area contributed by atoms with Crippen molar-refractivity contribution in [3.63, 3.8) is 0 Å². The maximum atomic E-state index is 13.5. The van der Waals surface area contributed by atoms with Gasteiger partial charge in [0.05, 0.1) is 22.5 Å². The van der Waals surface area contributed by atoms with Crippen LogP contribution in [0.5, 0.6) is 0 Å². The zero-order chi connectivity index (χ0) is 30.5. The molecule has 4 N–H and O–H groups in total. The lowest BCUT2D eigenvalue weighted by molar-refractivity contribution is 0.0917. The van der Waals surface area contributed by atoms with E-state index in [-0.39, 0.29) is 29.8 Å². The van der Waals surface area contributed by atoms with Crippen LogP contribution in [0.3, 0.4) is 0 Å². The molecule has 0 fully saturated rings. The summed E-state index contributed by atoms with van der Waals surface area (Å²) in [5.41, 5.74) is 12.9. The van der Waals surface area contributed by atoms with Gasteiger partial charge in [-0.05, 0) is 77.9 Å². The lowest BCUT2D eigenvalue weighted by Crippen LogP contribution is -2.49. The second-order valence-electron chi connectivity index (χ2n) is 11.4. The van der Waals surface area contributed by atoms with Crippen molar-refractivity contribution in [3.8, 4) is 0 Å². The molecule has 0 saturated carbocycles. The third-order valence-electron chi connectivity index (χ3n) is 8.78. The zero-order valence-electron chi connectivity index (χ0n) is 23.7. The molecule has 3 atom stereocenters. The maximum absolute atomic E-state index is 13.5. The molecule has 0 saturated heterocycles. The summed E-state index contributed by atoms with van der Waals surface area (Å²) in [6, 6.07) is 21.4. The Morgan fingerprint density at radius 3 is 2.07 bits per heavy atom. The molecule has 44 heavy (non-hydrogen) atoms. The van der Waals surface area contributed by atoms with Gasteiger partial charge in [0.2, 0.25) is 0 Å². The lowest BCUT2D eigenvalue weighted by atomic mass is 9.90. The van der Waals surface area contributed by atoms with Gasteiger partial charge in [-0.2, -0.15) is 0 Å². The van der Waals surface area contributed by atoms with Gasteiger partial charge in [0, 0.05) is 19.1 Å². The monoisotopic (exact) mass is 597 g/mol. The van der Waals surface area contributed by atoms with Gasteiger partial charge < -0.3 is 26.2 Å². The molecule has 4 aromatic carbocycles. The van der Waals surface area contributed by atoms with E-state index in [0.717, 1.165) is 72.5 Å². The van der Waals surface area contributed by atoms with Gasteiger partial charge in [0.25, 0.3) is 11.8 Å². The van der Waals surface area contributed by atoms with E-state index in [1.165, 1.54) is 18.2 Å². The molecular weight excluding hydrogens is 567 g/mol. The molecule has 0 radical (unpaired) electrons. The van der Waals surface area contributed by atoms with Gasteiger partial charge >= 0.3 is 0 Å². The second-order valence-corrected chi connectivity index (χ2v) is 11.4. The first-order valence-electron chi connectivity index (χ1n) is 14.7. The number of rotatable bonds is 2. The summed E-state index contributed by atoms with van der Waals surface area (Å²) < 4.78 is 39.9.